The van der Waals surface area contributed by atoms with Crippen LogP contribution in [0.4, 0.5) is 11.4 Å². The van der Waals surface area contributed by atoms with Crippen molar-refractivity contribution in [2.75, 3.05) is 25.5 Å². The Morgan fingerprint density at radius 1 is 1.45 bits per heavy atom. The van der Waals surface area contributed by atoms with Crippen molar-refractivity contribution in [3.8, 4) is 0 Å². The number of nitrogen functional groups attached to an aromatic ring is 1. The lowest BCUT2D eigenvalue weighted by molar-refractivity contribution is -0.383. The summed E-state index contributed by atoms with van der Waals surface area (Å²) < 4.78 is 5.30. The predicted octanol–water partition coefficient (Wildman–Crippen LogP) is 1.72. The summed E-state index contributed by atoms with van der Waals surface area (Å²) in [5.74, 6) is -0.382. The smallest absolute Gasteiger partial charge is 0.292 e. The van der Waals surface area contributed by atoms with Crippen LogP contribution in [-0.2, 0) is 4.74 Å². The molecule has 0 aliphatic carbocycles. The number of amides is 1. The third kappa shape index (κ3) is 4.85. The predicted molar refractivity (Wildman–Crippen MR) is 75.6 cm³/mol. The first-order valence-corrected chi connectivity index (χ1v) is 6.46. The molecule has 0 unspecified atom stereocenters. The number of hydrogen-bond acceptors (Lipinski definition) is 5. The number of ether oxygens (including phenoxy) is 1. The van der Waals surface area contributed by atoms with E-state index in [2.05, 4.69) is 12.2 Å². The fourth-order valence-corrected chi connectivity index (χ4v) is 1.53. The third-order valence-electron chi connectivity index (χ3n) is 2.66. The molecule has 110 valence electrons. The van der Waals surface area contributed by atoms with Gasteiger partial charge in [-0.1, -0.05) is 13.3 Å². The lowest BCUT2D eigenvalue weighted by atomic mass is 10.1. The molecular weight excluding hydrogens is 262 g/mol. The first kappa shape index (κ1) is 15.9. The van der Waals surface area contributed by atoms with Gasteiger partial charge in [0.1, 0.15) is 5.69 Å². The number of carbonyl (C=O) groups excluding carboxylic acids is 1. The second-order valence-electron chi connectivity index (χ2n) is 4.25. The quantitative estimate of drug-likeness (QED) is 0.326. The Morgan fingerprint density at radius 2 is 2.20 bits per heavy atom. The first-order chi connectivity index (χ1) is 9.56. The van der Waals surface area contributed by atoms with Crippen LogP contribution in [0.15, 0.2) is 18.2 Å². The fourth-order valence-electron chi connectivity index (χ4n) is 1.53. The van der Waals surface area contributed by atoms with Gasteiger partial charge in [0, 0.05) is 24.8 Å². The fraction of sp³-hybridized carbons (Fsp3) is 0.462. The van der Waals surface area contributed by atoms with Crippen molar-refractivity contribution >= 4 is 17.3 Å². The number of nitrogens with zero attached hydrogens (tertiary/aromatic N) is 1. The summed E-state index contributed by atoms with van der Waals surface area (Å²) in [5.41, 5.74) is 5.44. The van der Waals surface area contributed by atoms with Gasteiger partial charge in [-0.3, -0.25) is 14.9 Å². The van der Waals surface area contributed by atoms with E-state index in [0.717, 1.165) is 12.8 Å². The van der Waals surface area contributed by atoms with Gasteiger partial charge in [0.15, 0.2) is 0 Å². The summed E-state index contributed by atoms with van der Waals surface area (Å²) >= 11 is 0. The van der Waals surface area contributed by atoms with E-state index in [-0.39, 0.29) is 22.8 Å². The van der Waals surface area contributed by atoms with Crippen molar-refractivity contribution in [3.63, 3.8) is 0 Å². The molecule has 1 aromatic carbocycles. The van der Waals surface area contributed by atoms with E-state index in [4.69, 9.17) is 10.5 Å². The normalized spacial score (nSPS) is 10.2. The van der Waals surface area contributed by atoms with Crippen LogP contribution < -0.4 is 11.1 Å². The Labute approximate surface area is 117 Å². The molecule has 0 saturated heterocycles. The first-order valence-electron chi connectivity index (χ1n) is 6.46. The van der Waals surface area contributed by atoms with Crippen molar-refractivity contribution in [2.24, 2.45) is 0 Å². The molecular formula is C13H19N3O4. The van der Waals surface area contributed by atoms with Crippen LogP contribution in [0.3, 0.4) is 0 Å². The van der Waals surface area contributed by atoms with Gasteiger partial charge in [0.2, 0.25) is 0 Å². The summed E-state index contributed by atoms with van der Waals surface area (Å²) in [7, 11) is 0. The molecule has 0 heterocycles. The standard InChI is InChI=1S/C13H19N3O4/c1-2-3-7-20-8-6-15-13(17)10-4-5-11(14)12(9-10)16(18)19/h4-5,9H,2-3,6-8,14H2,1H3,(H,15,17). The van der Waals surface area contributed by atoms with Crippen molar-refractivity contribution in [3.05, 3.63) is 33.9 Å². The molecule has 7 heteroatoms. The molecule has 0 bridgehead atoms. The van der Waals surface area contributed by atoms with Gasteiger partial charge in [0.05, 0.1) is 11.5 Å². The van der Waals surface area contributed by atoms with E-state index in [1.807, 2.05) is 0 Å². The van der Waals surface area contributed by atoms with E-state index < -0.39 is 4.92 Å². The van der Waals surface area contributed by atoms with Crippen LogP contribution in [-0.4, -0.2) is 30.6 Å². The second kappa shape index (κ2) is 8.11. The molecule has 0 aliphatic rings. The molecule has 0 aliphatic heterocycles. The minimum Gasteiger partial charge on any atom is -0.393 e. The van der Waals surface area contributed by atoms with E-state index in [1.54, 1.807) is 0 Å². The maximum absolute atomic E-state index is 11.8. The molecule has 0 spiro atoms. The molecule has 1 rings (SSSR count). The maximum Gasteiger partial charge on any atom is 0.292 e. The topological polar surface area (TPSA) is 107 Å². The zero-order valence-electron chi connectivity index (χ0n) is 11.4. The molecule has 0 aromatic heterocycles. The number of benzene rings is 1. The van der Waals surface area contributed by atoms with Gasteiger partial charge >= 0.3 is 0 Å². The Bertz CT molecular complexity index is 477. The van der Waals surface area contributed by atoms with Gasteiger partial charge in [-0.15, -0.1) is 0 Å². The maximum atomic E-state index is 11.8. The third-order valence-corrected chi connectivity index (χ3v) is 2.66. The van der Waals surface area contributed by atoms with Crippen LogP contribution in [0.25, 0.3) is 0 Å². The Morgan fingerprint density at radius 3 is 2.85 bits per heavy atom. The molecule has 0 radical (unpaired) electrons. The Hall–Kier alpha value is -2.15. The summed E-state index contributed by atoms with van der Waals surface area (Å²) in [6, 6.07) is 3.98. The number of nitrogens with two attached hydrogens (primary N) is 1. The second-order valence-corrected chi connectivity index (χ2v) is 4.25. The number of carbonyl (C=O) groups is 1. The molecule has 0 fully saturated rings. The van der Waals surface area contributed by atoms with Crippen LogP contribution in [0.2, 0.25) is 0 Å². The molecule has 0 atom stereocenters. The highest BCUT2D eigenvalue weighted by Crippen LogP contribution is 2.22. The number of rotatable bonds is 8. The van der Waals surface area contributed by atoms with Crippen LogP contribution in [0, 0.1) is 10.1 Å². The zero-order valence-corrected chi connectivity index (χ0v) is 11.4. The van der Waals surface area contributed by atoms with Gasteiger partial charge < -0.3 is 15.8 Å². The van der Waals surface area contributed by atoms with Crippen molar-refractivity contribution in [1.82, 2.24) is 5.32 Å². The van der Waals surface area contributed by atoms with E-state index in [0.29, 0.717) is 19.8 Å². The number of anilines is 1. The van der Waals surface area contributed by atoms with Crippen molar-refractivity contribution < 1.29 is 14.5 Å². The van der Waals surface area contributed by atoms with Crippen molar-refractivity contribution in [2.45, 2.75) is 19.8 Å². The highest BCUT2D eigenvalue weighted by Gasteiger charge is 2.15. The highest BCUT2D eigenvalue weighted by atomic mass is 16.6. The Kier molecular flexibility index (Phi) is 6.45. The zero-order chi connectivity index (χ0) is 15.0. The summed E-state index contributed by atoms with van der Waals surface area (Å²) in [6.07, 6.45) is 2.04. The lowest BCUT2D eigenvalue weighted by Crippen LogP contribution is -2.27. The SMILES string of the molecule is CCCCOCCNC(=O)c1ccc(N)c([N+](=O)[O-])c1. The number of hydrogen-bond donors (Lipinski definition) is 2. The minimum absolute atomic E-state index is 0.0365. The lowest BCUT2D eigenvalue weighted by Gasteiger charge is -2.06. The van der Waals surface area contributed by atoms with Crippen molar-refractivity contribution in [1.29, 1.82) is 0 Å². The number of nitro benzene ring substituents is 1. The number of unbranched alkanes of at least 4 members (excludes halogenated alkanes) is 1. The summed E-state index contributed by atoms with van der Waals surface area (Å²) in [6.45, 7) is 3.52. The van der Waals surface area contributed by atoms with Crippen LogP contribution >= 0.6 is 0 Å². The largest absolute Gasteiger partial charge is 0.393 e. The van der Waals surface area contributed by atoms with Gasteiger partial charge in [-0.25, -0.2) is 0 Å². The van der Waals surface area contributed by atoms with E-state index >= 15 is 0 Å². The highest BCUT2D eigenvalue weighted by molar-refractivity contribution is 5.95. The van der Waals surface area contributed by atoms with E-state index in [9.17, 15) is 14.9 Å². The molecule has 1 amide bonds. The molecule has 0 saturated carbocycles. The average Bonchev–Trinajstić information content (AvgIpc) is 2.42. The summed E-state index contributed by atoms with van der Waals surface area (Å²) in [5, 5.41) is 13.4. The summed E-state index contributed by atoms with van der Waals surface area (Å²) in [4.78, 5) is 21.9. The number of nitro groups is 1. The van der Waals surface area contributed by atoms with Gasteiger partial charge in [-0.2, -0.15) is 0 Å². The van der Waals surface area contributed by atoms with Gasteiger partial charge in [-0.05, 0) is 18.6 Å². The molecule has 3 N–H and O–H groups in total. The molecule has 7 nitrogen and oxygen atoms in total. The minimum atomic E-state index is -0.611. The van der Waals surface area contributed by atoms with Gasteiger partial charge in [0.25, 0.3) is 11.6 Å². The van der Waals surface area contributed by atoms with E-state index in [1.165, 1.54) is 18.2 Å². The average molecular weight is 281 g/mol. The Balaban J connectivity index is 2.47. The molecule has 1 aromatic rings. The van der Waals surface area contributed by atoms with Crippen LogP contribution in [0.1, 0.15) is 30.1 Å². The van der Waals surface area contributed by atoms with Crippen LogP contribution in [0.5, 0.6) is 0 Å². The number of nitrogens with one attached hydrogen (secondary N) is 1. The monoisotopic (exact) mass is 281 g/mol. The molecule has 20 heavy (non-hydrogen) atoms.